The topological polar surface area (TPSA) is 41.6 Å². The summed E-state index contributed by atoms with van der Waals surface area (Å²) < 4.78 is 18.5. The third-order valence-corrected chi connectivity index (χ3v) is 4.70. The summed E-state index contributed by atoms with van der Waals surface area (Å²) in [5, 5.41) is 2.93. The summed E-state index contributed by atoms with van der Waals surface area (Å²) in [7, 11) is 3.73. The summed E-state index contributed by atoms with van der Waals surface area (Å²) in [6.07, 6.45) is 3.91. The fourth-order valence-electron chi connectivity index (χ4n) is 3.17. The van der Waals surface area contributed by atoms with E-state index in [1.54, 1.807) is 25.3 Å². The van der Waals surface area contributed by atoms with E-state index in [2.05, 4.69) is 29.4 Å². The highest BCUT2D eigenvalue weighted by molar-refractivity contribution is 5.91. The maximum Gasteiger partial charge on any atom is 0.244 e. The first-order valence-electron chi connectivity index (χ1n) is 8.62. The van der Waals surface area contributed by atoms with Gasteiger partial charge in [0.25, 0.3) is 0 Å². The van der Waals surface area contributed by atoms with Gasteiger partial charge in [0.1, 0.15) is 11.6 Å². The molecule has 1 heterocycles. The van der Waals surface area contributed by atoms with E-state index >= 15 is 0 Å². The summed E-state index contributed by atoms with van der Waals surface area (Å²) in [4.78, 5) is 14.3. The van der Waals surface area contributed by atoms with E-state index < -0.39 is 0 Å². The standard InChI is InChI=1S/C21H23FN2O2/c1-24-14-16-7-8-20(26-2)12-17(16)11-19(24)13-23-21(25)9-6-15-4-3-5-18(22)10-15/h3-10,12,19H,11,13-14H2,1-2H3,(H,23,25). The van der Waals surface area contributed by atoms with Crippen molar-refractivity contribution in [3.8, 4) is 5.75 Å². The Morgan fingerprint density at radius 3 is 2.92 bits per heavy atom. The molecule has 2 aromatic carbocycles. The Hall–Kier alpha value is -2.66. The van der Waals surface area contributed by atoms with Crippen molar-refractivity contribution in [3.05, 3.63) is 71.0 Å². The molecule has 0 radical (unpaired) electrons. The second kappa shape index (κ2) is 8.15. The molecule has 4 nitrogen and oxygen atoms in total. The number of rotatable bonds is 5. The molecule has 5 heteroatoms. The Labute approximate surface area is 153 Å². The minimum absolute atomic E-state index is 0.181. The number of halogens is 1. The number of methoxy groups -OCH3 is 1. The Bertz CT molecular complexity index is 819. The maximum absolute atomic E-state index is 13.2. The van der Waals surface area contributed by atoms with E-state index in [0.29, 0.717) is 12.1 Å². The lowest BCUT2D eigenvalue weighted by Crippen LogP contribution is -2.45. The molecule has 0 saturated carbocycles. The van der Waals surface area contributed by atoms with E-state index in [-0.39, 0.29) is 17.8 Å². The zero-order chi connectivity index (χ0) is 18.5. The van der Waals surface area contributed by atoms with Crippen LogP contribution in [0.25, 0.3) is 6.08 Å². The van der Waals surface area contributed by atoms with E-state index in [9.17, 15) is 9.18 Å². The molecule has 1 unspecified atom stereocenters. The van der Waals surface area contributed by atoms with Gasteiger partial charge < -0.3 is 10.1 Å². The van der Waals surface area contributed by atoms with Crippen LogP contribution in [0.4, 0.5) is 4.39 Å². The van der Waals surface area contributed by atoms with Crippen LogP contribution < -0.4 is 10.1 Å². The normalized spacial score (nSPS) is 17.1. The molecule has 0 spiro atoms. The first kappa shape index (κ1) is 18.1. The highest BCUT2D eigenvalue weighted by atomic mass is 19.1. The molecule has 1 amide bonds. The molecule has 1 N–H and O–H groups in total. The number of carbonyl (C=O) groups is 1. The molecule has 1 aliphatic heterocycles. The fourth-order valence-corrected chi connectivity index (χ4v) is 3.17. The van der Waals surface area contributed by atoms with Crippen molar-refractivity contribution >= 4 is 12.0 Å². The summed E-state index contributed by atoms with van der Waals surface area (Å²) >= 11 is 0. The fraction of sp³-hybridized carbons (Fsp3) is 0.286. The third kappa shape index (κ3) is 4.49. The van der Waals surface area contributed by atoms with Crippen molar-refractivity contribution in [3.63, 3.8) is 0 Å². The smallest absolute Gasteiger partial charge is 0.244 e. The van der Waals surface area contributed by atoms with Crippen molar-refractivity contribution in [2.45, 2.75) is 19.0 Å². The van der Waals surface area contributed by atoms with Crippen molar-refractivity contribution < 1.29 is 13.9 Å². The molecule has 136 valence electrons. The third-order valence-electron chi connectivity index (χ3n) is 4.70. The van der Waals surface area contributed by atoms with E-state index in [0.717, 1.165) is 18.7 Å². The molecule has 0 aliphatic carbocycles. The second-order valence-electron chi connectivity index (χ2n) is 6.54. The van der Waals surface area contributed by atoms with Gasteiger partial charge in [-0.3, -0.25) is 9.69 Å². The SMILES string of the molecule is COc1ccc2c(c1)CC(CNC(=O)C=Cc1cccc(F)c1)N(C)C2. The predicted molar refractivity (Wildman–Crippen MR) is 100 cm³/mol. The van der Waals surface area contributed by atoms with Gasteiger partial charge in [-0.2, -0.15) is 0 Å². The largest absolute Gasteiger partial charge is 0.497 e. The lowest BCUT2D eigenvalue weighted by molar-refractivity contribution is -0.116. The number of carbonyl (C=O) groups excluding carboxylic acids is 1. The van der Waals surface area contributed by atoms with Gasteiger partial charge in [-0.1, -0.05) is 18.2 Å². The van der Waals surface area contributed by atoms with Crippen LogP contribution in [0, 0.1) is 5.82 Å². The molecule has 2 aromatic rings. The zero-order valence-corrected chi connectivity index (χ0v) is 15.0. The summed E-state index contributed by atoms with van der Waals surface area (Å²) in [5.41, 5.74) is 3.22. The lowest BCUT2D eigenvalue weighted by atomic mass is 9.94. The van der Waals surface area contributed by atoms with Crippen molar-refractivity contribution in [1.29, 1.82) is 0 Å². The summed E-state index contributed by atoms with van der Waals surface area (Å²) in [6, 6.07) is 12.5. The number of amides is 1. The van der Waals surface area contributed by atoms with Gasteiger partial charge >= 0.3 is 0 Å². The van der Waals surface area contributed by atoms with E-state index in [4.69, 9.17) is 4.74 Å². The Kier molecular flexibility index (Phi) is 5.68. The van der Waals surface area contributed by atoms with Crippen molar-refractivity contribution in [1.82, 2.24) is 10.2 Å². The second-order valence-corrected chi connectivity index (χ2v) is 6.54. The van der Waals surface area contributed by atoms with Crippen LogP contribution in [0.15, 0.2) is 48.5 Å². The average Bonchev–Trinajstić information content (AvgIpc) is 2.64. The van der Waals surface area contributed by atoms with Gasteiger partial charge in [-0.25, -0.2) is 4.39 Å². The monoisotopic (exact) mass is 354 g/mol. The van der Waals surface area contributed by atoms with Gasteiger partial charge in [0, 0.05) is 25.2 Å². The number of benzene rings is 2. The number of ether oxygens (including phenoxy) is 1. The van der Waals surface area contributed by atoms with Gasteiger partial charge in [0.05, 0.1) is 7.11 Å². The summed E-state index contributed by atoms with van der Waals surface area (Å²) in [5.74, 6) is 0.360. The molecule has 0 aromatic heterocycles. The Balaban J connectivity index is 1.57. The number of hydrogen-bond acceptors (Lipinski definition) is 3. The van der Waals surface area contributed by atoms with Crippen LogP contribution in [0.1, 0.15) is 16.7 Å². The minimum Gasteiger partial charge on any atom is -0.497 e. The number of likely N-dealkylation sites (N-methyl/N-ethyl adjacent to an activating group) is 1. The molecular formula is C21H23FN2O2. The molecule has 0 fully saturated rings. The Morgan fingerprint density at radius 1 is 1.31 bits per heavy atom. The van der Waals surface area contributed by atoms with E-state index in [1.165, 1.54) is 29.3 Å². The minimum atomic E-state index is -0.314. The van der Waals surface area contributed by atoms with Crippen molar-refractivity contribution in [2.24, 2.45) is 0 Å². The zero-order valence-electron chi connectivity index (χ0n) is 15.0. The van der Waals surface area contributed by atoms with Crippen LogP contribution in [-0.4, -0.2) is 37.6 Å². The van der Waals surface area contributed by atoms with Crippen LogP contribution >= 0.6 is 0 Å². The average molecular weight is 354 g/mol. The number of fused-ring (bicyclic) bond motifs is 1. The Morgan fingerprint density at radius 2 is 2.15 bits per heavy atom. The van der Waals surface area contributed by atoms with Gasteiger partial charge in [-0.15, -0.1) is 0 Å². The van der Waals surface area contributed by atoms with Crippen LogP contribution in [-0.2, 0) is 17.8 Å². The maximum atomic E-state index is 13.2. The first-order chi connectivity index (χ1) is 12.5. The molecule has 0 saturated heterocycles. The van der Waals surface area contributed by atoms with Crippen molar-refractivity contribution in [2.75, 3.05) is 20.7 Å². The van der Waals surface area contributed by atoms with Gasteiger partial charge in [0.15, 0.2) is 0 Å². The molecular weight excluding hydrogens is 331 g/mol. The van der Waals surface area contributed by atoms with Crippen LogP contribution in [0.5, 0.6) is 5.75 Å². The lowest BCUT2D eigenvalue weighted by Gasteiger charge is -2.34. The summed E-state index contributed by atoms with van der Waals surface area (Å²) in [6.45, 7) is 1.40. The predicted octanol–water partition coefficient (Wildman–Crippen LogP) is 3.02. The number of nitrogens with one attached hydrogen (secondary N) is 1. The number of nitrogens with zero attached hydrogens (tertiary/aromatic N) is 1. The van der Waals surface area contributed by atoms with E-state index in [1.807, 2.05) is 6.07 Å². The molecule has 1 atom stereocenters. The molecule has 0 bridgehead atoms. The highest BCUT2D eigenvalue weighted by Gasteiger charge is 2.23. The van der Waals surface area contributed by atoms with Crippen LogP contribution in [0.2, 0.25) is 0 Å². The molecule has 3 rings (SSSR count). The van der Waals surface area contributed by atoms with Gasteiger partial charge in [-0.05, 0) is 60.5 Å². The molecule has 26 heavy (non-hydrogen) atoms. The number of hydrogen-bond donors (Lipinski definition) is 1. The van der Waals surface area contributed by atoms with Gasteiger partial charge in [0.2, 0.25) is 5.91 Å². The first-order valence-corrected chi connectivity index (χ1v) is 8.62. The van der Waals surface area contributed by atoms with Crippen LogP contribution in [0.3, 0.4) is 0 Å². The quantitative estimate of drug-likeness (QED) is 0.840. The highest BCUT2D eigenvalue weighted by Crippen LogP contribution is 2.25. The molecule has 1 aliphatic rings.